The van der Waals surface area contributed by atoms with Gasteiger partial charge in [0, 0.05) is 17.3 Å². The fraction of sp³-hybridized carbons (Fsp3) is 0.417. The molecule has 1 rings (SSSR count). The van der Waals surface area contributed by atoms with Crippen LogP contribution < -0.4 is 5.32 Å². The highest BCUT2D eigenvalue weighted by molar-refractivity contribution is 7.99. The van der Waals surface area contributed by atoms with Crippen molar-refractivity contribution in [2.75, 3.05) is 18.9 Å². The second kappa shape index (κ2) is 8.37. The Morgan fingerprint density at radius 3 is 2.67 bits per heavy atom. The quantitative estimate of drug-likeness (QED) is 0.702. The number of carbonyl (C=O) groups is 1. The molecule has 1 aromatic carbocycles. The first-order valence-corrected chi connectivity index (χ1v) is 7.03. The maximum Gasteiger partial charge on any atom is 0.230 e. The Kier molecular flexibility index (Phi) is 7.12. The molecule has 0 aliphatic carbocycles. The van der Waals surface area contributed by atoms with E-state index < -0.39 is 6.10 Å². The fourth-order valence-electron chi connectivity index (χ4n) is 1.19. The van der Waals surface area contributed by atoms with Gasteiger partial charge >= 0.3 is 0 Å². The number of thioether (sulfide) groups is 1. The molecule has 4 nitrogen and oxygen atoms in total. The normalized spacial score (nSPS) is 12.2. The van der Waals surface area contributed by atoms with Gasteiger partial charge in [0.2, 0.25) is 5.91 Å². The number of halogens is 1. The van der Waals surface area contributed by atoms with Crippen LogP contribution in [0.3, 0.4) is 0 Å². The molecule has 3 N–H and O–H groups in total. The maximum absolute atomic E-state index is 11.4. The first-order chi connectivity index (χ1) is 8.61. The van der Waals surface area contributed by atoms with Gasteiger partial charge in [-0.05, 0) is 17.7 Å². The van der Waals surface area contributed by atoms with Crippen molar-refractivity contribution < 1.29 is 15.0 Å². The largest absolute Gasteiger partial charge is 0.394 e. The van der Waals surface area contributed by atoms with Crippen molar-refractivity contribution in [3.63, 3.8) is 0 Å². The minimum absolute atomic E-state index is 0.0802. The summed E-state index contributed by atoms with van der Waals surface area (Å²) in [5.41, 5.74) is 1.10. The number of aliphatic hydroxyl groups excluding tert-OH is 2. The molecule has 6 heteroatoms. The van der Waals surface area contributed by atoms with Crippen LogP contribution in [-0.4, -0.2) is 41.1 Å². The van der Waals surface area contributed by atoms with E-state index in [-0.39, 0.29) is 19.1 Å². The van der Waals surface area contributed by atoms with Crippen LogP contribution in [0.2, 0.25) is 5.02 Å². The molecule has 0 bridgehead atoms. The Labute approximate surface area is 115 Å². The summed E-state index contributed by atoms with van der Waals surface area (Å²) in [6.45, 7) is -0.269. The molecule has 0 radical (unpaired) electrons. The number of aliphatic hydroxyl groups is 2. The van der Waals surface area contributed by atoms with Crippen LogP contribution in [0.1, 0.15) is 5.56 Å². The average Bonchev–Trinajstić information content (AvgIpc) is 2.38. The van der Waals surface area contributed by atoms with E-state index in [1.165, 1.54) is 11.8 Å². The summed E-state index contributed by atoms with van der Waals surface area (Å²) < 4.78 is 0. The number of nitrogens with one attached hydrogen (secondary N) is 1. The third-order valence-corrected chi connectivity index (χ3v) is 3.42. The highest BCUT2D eigenvalue weighted by atomic mass is 35.5. The minimum atomic E-state index is -0.893. The zero-order valence-electron chi connectivity index (χ0n) is 9.80. The summed E-state index contributed by atoms with van der Waals surface area (Å²) in [5.74, 6) is 0.898. The SMILES string of the molecule is O=C(CSCc1ccc(Cl)cc1)NCC(O)CO. The topological polar surface area (TPSA) is 69.6 Å². The third kappa shape index (κ3) is 6.26. The summed E-state index contributed by atoms with van der Waals surface area (Å²) in [6, 6.07) is 7.47. The average molecular weight is 290 g/mol. The Morgan fingerprint density at radius 1 is 1.39 bits per heavy atom. The lowest BCUT2D eigenvalue weighted by molar-refractivity contribution is -0.119. The molecule has 100 valence electrons. The van der Waals surface area contributed by atoms with Gasteiger partial charge in [-0.2, -0.15) is 0 Å². The molecule has 0 spiro atoms. The number of carbonyl (C=O) groups excluding carboxylic acids is 1. The van der Waals surface area contributed by atoms with Gasteiger partial charge in [-0.1, -0.05) is 23.7 Å². The van der Waals surface area contributed by atoms with Gasteiger partial charge in [-0.15, -0.1) is 11.8 Å². The molecule has 1 unspecified atom stereocenters. The second-order valence-electron chi connectivity index (χ2n) is 3.76. The molecule has 0 aliphatic heterocycles. The molecule has 18 heavy (non-hydrogen) atoms. The number of benzene rings is 1. The summed E-state index contributed by atoms with van der Waals surface area (Å²) in [4.78, 5) is 11.4. The monoisotopic (exact) mass is 289 g/mol. The highest BCUT2D eigenvalue weighted by Gasteiger charge is 2.05. The van der Waals surface area contributed by atoms with Crippen LogP contribution in [0.5, 0.6) is 0 Å². The molecule has 0 aliphatic rings. The fourth-order valence-corrected chi connectivity index (χ4v) is 2.13. The van der Waals surface area contributed by atoms with Crippen LogP contribution in [0.15, 0.2) is 24.3 Å². The van der Waals surface area contributed by atoms with E-state index >= 15 is 0 Å². The van der Waals surface area contributed by atoms with Gasteiger partial charge in [0.25, 0.3) is 0 Å². The number of hydrogen-bond acceptors (Lipinski definition) is 4. The summed E-state index contributed by atoms with van der Waals surface area (Å²) >= 11 is 7.25. The van der Waals surface area contributed by atoms with Crippen LogP contribution in [0, 0.1) is 0 Å². The third-order valence-electron chi connectivity index (χ3n) is 2.16. The van der Waals surface area contributed by atoms with E-state index in [1.807, 2.05) is 24.3 Å². The Balaban J connectivity index is 2.17. The van der Waals surface area contributed by atoms with E-state index in [0.717, 1.165) is 11.3 Å². The standard InChI is InChI=1S/C12H16ClNO3S/c13-10-3-1-9(2-4-10)7-18-8-12(17)14-5-11(16)6-15/h1-4,11,15-16H,5-8H2,(H,14,17). The first kappa shape index (κ1) is 15.3. The summed E-state index contributed by atoms with van der Waals surface area (Å²) in [5, 5.41) is 20.9. The van der Waals surface area contributed by atoms with E-state index in [2.05, 4.69) is 5.32 Å². The Hall–Kier alpha value is -0.750. The number of hydrogen-bond donors (Lipinski definition) is 3. The molecule has 0 fully saturated rings. The van der Waals surface area contributed by atoms with Crippen molar-refractivity contribution in [2.24, 2.45) is 0 Å². The van der Waals surface area contributed by atoms with E-state index in [9.17, 15) is 4.79 Å². The molecule has 1 atom stereocenters. The summed E-state index contributed by atoms with van der Waals surface area (Å²) in [7, 11) is 0. The van der Waals surface area contributed by atoms with Gasteiger partial charge in [0.15, 0.2) is 0 Å². The van der Waals surface area contributed by atoms with E-state index in [4.69, 9.17) is 21.8 Å². The van der Waals surface area contributed by atoms with Crippen molar-refractivity contribution in [1.29, 1.82) is 0 Å². The van der Waals surface area contributed by atoms with Crippen LogP contribution >= 0.6 is 23.4 Å². The molecule has 0 saturated carbocycles. The van der Waals surface area contributed by atoms with Gasteiger partial charge in [0.05, 0.1) is 18.5 Å². The van der Waals surface area contributed by atoms with Crippen molar-refractivity contribution in [3.8, 4) is 0 Å². The van der Waals surface area contributed by atoms with E-state index in [0.29, 0.717) is 10.8 Å². The second-order valence-corrected chi connectivity index (χ2v) is 5.18. The van der Waals surface area contributed by atoms with Crippen LogP contribution in [0.25, 0.3) is 0 Å². The van der Waals surface area contributed by atoms with Gasteiger partial charge < -0.3 is 15.5 Å². The lowest BCUT2D eigenvalue weighted by Crippen LogP contribution is -2.34. The molecule has 0 saturated heterocycles. The smallest absolute Gasteiger partial charge is 0.230 e. The van der Waals surface area contributed by atoms with Gasteiger partial charge in [-0.25, -0.2) is 0 Å². The summed E-state index contributed by atoms with van der Waals surface area (Å²) in [6.07, 6.45) is -0.893. The van der Waals surface area contributed by atoms with Gasteiger partial charge in [0.1, 0.15) is 0 Å². The molecule has 0 heterocycles. The maximum atomic E-state index is 11.4. The predicted molar refractivity (Wildman–Crippen MR) is 73.7 cm³/mol. The molecule has 1 aromatic rings. The highest BCUT2D eigenvalue weighted by Crippen LogP contribution is 2.15. The Bertz CT molecular complexity index is 372. The van der Waals surface area contributed by atoms with Crippen molar-refractivity contribution >= 4 is 29.3 Å². The van der Waals surface area contributed by atoms with Crippen LogP contribution in [-0.2, 0) is 10.5 Å². The van der Waals surface area contributed by atoms with Crippen molar-refractivity contribution in [3.05, 3.63) is 34.9 Å². The number of rotatable bonds is 7. The van der Waals surface area contributed by atoms with Crippen molar-refractivity contribution in [1.82, 2.24) is 5.32 Å². The lowest BCUT2D eigenvalue weighted by atomic mass is 10.2. The molecular formula is C12H16ClNO3S. The zero-order chi connectivity index (χ0) is 13.4. The van der Waals surface area contributed by atoms with Gasteiger partial charge in [-0.3, -0.25) is 4.79 Å². The minimum Gasteiger partial charge on any atom is -0.394 e. The van der Waals surface area contributed by atoms with E-state index in [1.54, 1.807) is 0 Å². The molecule has 0 aromatic heterocycles. The molecular weight excluding hydrogens is 274 g/mol. The van der Waals surface area contributed by atoms with Crippen molar-refractivity contribution in [2.45, 2.75) is 11.9 Å². The molecule has 1 amide bonds. The lowest BCUT2D eigenvalue weighted by Gasteiger charge is -2.08. The first-order valence-electron chi connectivity index (χ1n) is 5.49. The Morgan fingerprint density at radius 2 is 2.06 bits per heavy atom. The van der Waals surface area contributed by atoms with Crippen LogP contribution in [0.4, 0.5) is 0 Å². The predicted octanol–water partition coefficient (Wildman–Crippen LogP) is 1.04. The number of amides is 1. The zero-order valence-corrected chi connectivity index (χ0v) is 11.4.